The van der Waals surface area contributed by atoms with Crippen LogP contribution in [0.15, 0.2) is 48.5 Å². The van der Waals surface area contributed by atoms with E-state index in [1.54, 1.807) is 0 Å². The van der Waals surface area contributed by atoms with Crippen LogP contribution in [0.25, 0.3) is 0 Å². The number of alkyl halides is 3. The number of amides is 3. The average molecular weight is 449 g/mol. The Morgan fingerprint density at radius 2 is 1.88 bits per heavy atom. The summed E-state index contributed by atoms with van der Waals surface area (Å²) in [5, 5.41) is 5.23. The Bertz CT molecular complexity index is 993. The molecule has 1 aliphatic heterocycles. The minimum Gasteiger partial charge on any atom is -0.465 e. The predicted octanol–water partition coefficient (Wildman–Crippen LogP) is 3.98. The maximum Gasteiger partial charge on any atom is 0.416 e. The highest BCUT2D eigenvalue weighted by molar-refractivity contribution is 5.92. The van der Waals surface area contributed by atoms with E-state index in [2.05, 4.69) is 15.4 Å². The lowest BCUT2D eigenvalue weighted by Gasteiger charge is -2.26. The standard InChI is InChI=1S/C22H22F3N3O4/c1-32-20(30)14-7-9-17(10-8-14)26-21(31)27-18(13-28-11-3-6-19(28)29)15-4-2-5-16(12-15)22(23,24)25/h2,4-5,7-10,12,18H,3,6,11,13H2,1H3,(H2,26,27,31). The van der Waals surface area contributed by atoms with E-state index in [9.17, 15) is 27.6 Å². The molecule has 3 rings (SSSR count). The summed E-state index contributed by atoms with van der Waals surface area (Å²) in [5.41, 5.74) is 0.0621. The van der Waals surface area contributed by atoms with Crippen molar-refractivity contribution in [2.24, 2.45) is 0 Å². The van der Waals surface area contributed by atoms with Crippen molar-refractivity contribution in [1.29, 1.82) is 0 Å². The third-order valence-electron chi connectivity index (χ3n) is 5.06. The van der Waals surface area contributed by atoms with E-state index in [0.717, 1.165) is 12.1 Å². The molecule has 32 heavy (non-hydrogen) atoms. The quantitative estimate of drug-likeness (QED) is 0.654. The highest BCUT2D eigenvalue weighted by Crippen LogP contribution is 2.31. The van der Waals surface area contributed by atoms with Crippen LogP contribution in [0.4, 0.5) is 23.7 Å². The molecule has 1 heterocycles. The summed E-state index contributed by atoms with van der Waals surface area (Å²) in [5.74, 6) is -0.636. The van der Waals surface area contributed by atoms with E-state index >= 15 is 0 Å². The van der Waals surface area contributed by atoms with Crippen LogP contribution in [0.5, 0.6) is 0 Å². The first-order valence-corrected chi connectivity index (χ1v) is 9.88. The van der Waals surface area contributed by atoms with Crippen LogP contribution >= 0.6 is 0 Å². The summed E-state index contributed by atoms with van der Waals surface area (Å²) < 4.78 is 44.1. The molecule has 0 spiro atoms. The number of hydrogen-bond acceptors (Lipinski definition) is 4. The summed E-state index contributed by atoms with van der Waals surface area (Å²) in [6.45, 7) is 0.529. The minimum atomic E-state index is -4.53. The molecule has 0 saturated carbocycles. The number of anilines is 1. The Morgan fingerprint density at radius 1 is 1.16 bits per heavy atom. The van der Waals surface area contributed by atoms with Gasteiger partial charge < -0.3 is 20.3 Å². The van der Waals surface area contributed by atoms with Gasteiger partial charge in [-0.1, -0.05) is 12.1 Å². The predicted molar refractivity (Wildman–Crippen MR) is 110 cm³/mol. The topological polar surface area (TPSA) is 87.7 Å². The van der Waals surface area contributed by atoms with Gasteiger partial charge in [0.1, 0.15) is 0 Å². The smallest absolute Gasteiger partial charge is 0.416 e. The van der Waals surface area contributed by atoms with E-state index in [4.69, 9.17) is 0 Å². The molecule has 170 valence electrons. The summed E-state index contributed by atoms with van der Waals surface area (Å²) in [6, 6.07) is 9.07. The van der Waals surface area contributed by atoms with Crippen LogP contribution in [-0.4, -0.2) is 43.0 Å². The lowest BCUT2D eigenvalue weighted by molar-refractivity contribution is -0.137. The van der Waals surface area contributed by atoms with Crippen LogP contribution in [0.1, 0.15) is 40.4 Å². The molecule has 7 nitrogen and oxygen atoms in total. The number of benzene rings is 2. The maximum atomic E-state index is 13.2. The van der Waals surface area contributed by atoms with Gasteiger partial charge >= 0.3 is 18.2 Å². The van der Waals surface area contributed by atoms with Crippen LogP contribution in [-0.2, 0) is 15.7 Å². The first-order valence-electron chi connectivity index (χ1n) is 9.88. The van der Waals surface area contributed by atoms with Gasteiger partial charge in [-0.15, -0.1) is 0 Å². The zero-order valence-corrected chi connectivity index (χ0v) is 17.2. The van der Waals surface area contributed by atoms with Crippen LogP contribution in [0, 0.1) is 0 Å². The van der Waals surface area contributed by atoms with Gasteiger partial charge in [0.05, 0.1) is 24.3 Å². The Kier molecular flexibility index (Phi) is 7.01. The molecule has 1 saturated heterocycles. The Labute approximate surface area is 182 Å². The summed E-state index contributed by atoms with van der Waals surface area (Å²) in [4.78, 5) is 37.6. The van der Waals surface area contributed by atoms with Gasteiger partial charge in [0, 0.05) is 25.2 Å². The summed E-state index contributed by atoms with van der Waals surface area (Å²) >= 11 is 0. The number of nitrogens with one attached hydrogen (secondary N) is 2. The van der Waals surface area contributed by atoms with Gasteiger partial charge in [0.15, 0.2) is 0 Å². The number of esters is 1. The second-order valence-electron chi connectivity index (χ2n) is 7.29. The summed E-state index contributed by atoms with van der Waals surface area (Å²) in [6.07, 6.45) is -3.51. The Morgan fingerprint density at radius 3 is 2.47 bits per heavy atom. The highest BCUT2D eigenvalue weighted by atomic mass is 19.4. The van der Waals surface area contributed by atoms with Crippen LogP contribution in [0.2, 0.25) is 0 Å². The number of carbonyl (C=O) groups excluding carboxylic acids is 3. The molecule has 10 heteroatoms. The van der Waals surface area contributed by atoms with Crippen molar-refractivity contribution in [3.63, 3.8) is 0 Å². The molecule has 2 aromatic rings. The van der Waals surface area contributed by atoms with Crippen molar-refractivity contribution in [3.8, 4) is 0 Å². The largest absolute Gasteiger partial charge is 0.465 e. The number of likely N-dealkylation sites (tertiary alicyclic amines) is 1. The van der Waals surface area contributed by atoms with Gasteiger partial charge in [-0.3, -0.25) is 4.79 Å². The fourth-order valence-electron chi connectivity index (χ4n) is 3.42. The van der Waals surface area contributed by atoms with Crippen LogP contribution < -0.4 is 10.6 Å². The third kappa shape index (κ3) is 5.77. The molecule has 0 bridgehead atoms. The number of rotatable bonds is 6. The average Bonchev–Trinajstić information content (AvgIpc) is 3.17. The fourth-order valence-corrected chi connectivity index (χ4v) is 3.42. The van der Waals surface area contributed by atoms with Gasteiger partial charge in [-0.2, -0.15) is 13.2 Å². The number of methoxy groups -OCH3 is 1. The number of ether oxygens (including phenoxy) is 1. The molecular formula is C22H22F3N3O4. The highest BCUT2D eigenvalue weighted by Gasteiger charge is 2.32. The zero-order chi connectivity index (χ0) is 23.3. The molecule has 0 aliphatic carbocycles. The van der Waals surface area contributed by atoms with Crippen molar-refractivity contribution in [2.45, 2.75) is 25.1 Å². The number of halogens is 3. The van der Waals surface area contributed by atoms with E-state index in [-0.39, 0.29) is 18.0 Å². The maximum absolute atomic E-state index is 13.2. The van der Waals surface area contributed by atoms with Crippen molar-refractivity contribution in [2.75, 3.05) is 25.5 Å². The fraction of sp³-hybridized carbons (Fsp3) is 0.318. The van der Waals surface area contributed by atoms with E-state index in [1.165, 1.54) is 48.4 Å². The van der Waals surface area contributed by atoms with Crippen LogP contribution in [0.3, 0.4) is 0 Å². The molecule has 1 atom stereocenters. The van der Waals surface area contributed by atoms with Crippen molar-refractivity contribution < 1.29 is 32.3 Å². The SMILES string of the molecule is COC(=O)c1ccc(NC(=O)NC(CN2CCCC2=O)c2cccc(C(F)(F)F)c2)cc1. The molecule has 1 unspecified atom stereocenters. The van der Waals surface area contributed by atoms with E-state index in [0.29, 0.717) is 30.6 Å². The first kappa shape index (κ1) is 23.1. The lowest BCUT2D eigenvalue weighted by atomic mass is 10.0. The van der Waals surface area contributed by atoms with Gasteiger partial charge in [-0.05, 0) is 48.4 Å². The van der Waals surface area contributed by atoms with Crippen molar-refractivity contribution >= 4 is 23.6 Å². The minimum absolute atomic E-state index is 0.0504. The normalized spacial score (nSPS) is 14.8. The second-order valence-corrected chi connectivity index (χ2v) is 7.29. The van der Waals surface area contributed by atoms with Crippen molar-refractivity contribution in [1.82, 2.24) is 10.2 Å². The molecule has 2 N–H and O–H groups in total. The monoisotopic (exact) mass is 449 g/mol. The van der Waals surface area contributed by atoms with Gasteiger partial charge in [0.25, 0.3) is 0 Å². The molecule has 1 aliphatic rings. The number of urea groups is 1. The molecule has 0 radical (unpaired) electrons. The number of carbonyl (C=O) groups is 3. The van der Waals surface area contributed by atoms with E-state index < -0.39 is 29.8 Å². The molecular weight excluding hydrogens is 427 g/mol. The van der Waals surface area contributed by atoms with Gasteiger partial charge in [0.2, 0.25) is 5.91 Å². The molecule has 0 aromatic heterocycles. The number of hydrogen-bond donors (Lipinski definition) is 2. The lowest BCUT2D eigenvalue weighted by Crippen LogP contribution is -2.40. The molecule has 2 aromatic carbocycles. The molecule has 1 fully saturated rings. The number of nitrogens with zero attached hydrogens (tertiary/aromatic N) is 1. The zero-order valence-electron chi connectivity index (χ0n) is 17.2. The van der Waals surface area contributed by atoms with Crippen molar-refractivity contribution in [3.05, 3.63) is 65.2 Å². The van der Waals surface area contributed by atoms with Gasteiger partial charge in [-0.25, -0.2) is 9.59 Å². The Hall–Kier alpha value is -3.56. The first-order chi connectivity index (χ1) is 15.2. The van der Waals surface area contributed by atoms with E-state index in [1.807, 2.05) is 0 Å². The second kappa shape index (κ2) is 9.71. The summed E-state index contributed by atoms with van der Waals surface area (Å²) in [7, 11) is 1.25. The third-order valence-corrected chi connectivity index (χ3v) is 5.06. The molecule has 3 amide bonds. The Balaban J connectivity index is 1.77.